The molecular weight excluding hydrogens is 278 g/mol. The molecule has 0 spiro atoms. The number of primary amides is 1. The van der Waals surface area contributed by atoms with Gasteiger partial charge in [-0.2, -0.15) is 0 Å². The fourth-order valence-corrected chi connectivity index (χ4v) is 2.58. The highest BCUT2D eigenvalue weighted by atomic mass is 79.9. The van der Waals surface area contributed by atoms with Crippen LogP contribution >= 0.6 is 27.3 Å². The Hall–Kier alpha value is -0.460. The number of thiazole rings is 1. The largest absolute Gasteiger partial charge is 0.370 e. The average Bonchev–Trinajstić information content (AvgIpc) is 2.49. The molecule has 3 N–H and O–H groups in total. The van der Waals surface area contributed by atoms with E-state index in [1.165, 1.54) is 0 Å². The molecule has 1 rings (SSSR count). The SMILES string of the molecule is CC(CC(N)=O)NC(C)c1ncc(Br)s1. The number of aromatic nitrogens is 1. The van der Waals surface area contributed by atoms with E-state index in [-0.39, 0.29) is 18.0 Å². The van der Waals surface area contributed by atoms with Crippen molar-refractivity contribution in [2.75, 3.05) is 0 Å². The Morgan fingerprint density at radius 1 is 1.73 bits per heavy atom. The van der Waals surface area contributed by atoms with Gasteiger partial charge in [0.2, 0.25) is 5.91 Å². The molecule has 0 saturated carbocycles. The highest BCUT2D eigenvalue weighted by Gasteiger charge is 2.13. The number of nitrogens with two attached hydrogens (primary N) is 1. The molecule has 1 amide bonds. The van der Waals surface area contributed by atoms with Crippen LogP contribution < -0.4 is 11.1 Å². The first-order chi connectivity index (χ1) is 6.99. The van der Waals surface area contributed by atoms with E-state index in [1.54, 1.807) is 17.5 Å². The summed E-state index contributed by atoms with van der Waals surface area (Å²) in [5.74, 6) is -0.289. The molecular formula is C9H14BrN3OS. The molecule has 0 aliphatic rings. The van der Waals surface area contributed by atoms with Crippen molar-refractivity contribution in [3.8, 4) is 0 Å². The normalized spacial score (nSPS) is 14.9. The smallest absolute Gasteiger partial charge is 0.218 e. The van der Waals surface area contributed by atoms with Gasteiger partial charge in [0.25, 0.3) is 0 Å². The zero-order valence-electron chi connectivity index (χ0n) is 8.66. The van der Waals surface area contributed by atoms with Crippen molar-refractivity contribution in [3.63, 3.8) is 0 Å². The van der Waals surface area contributed by atoms with Crippen LogP contribution in [0.5, 0.6) is 0 Å². The molecule has 0 aliphatic heterocycles. The van der Waals surface area contributed by atoms with E-state index in [1.807, 2.05) is 13.8 Å². The molecule has 1 aromatic heterocycles. The third-order valence-electron chi connectivity index (χ3n) is 1.91. The molecule has 0 aliphatic carbocycles. The second-order valence-corrected chi connectivity index (χ2v) is 5.90. The van der Waals surface area contributed by atoms with Crippen LogP contribution in [0.25, 0.3) is 0 Å². The lowest BCUT2D eigenvalue weighted by atomic mass is 10.2. The van der Waals surface area contributed by atoms with Crippen LogP contribution in [-0.4, -0.2) is 16.9 Å². The van der Waals surface area contributed by atoms with Gasteiger partial charge < -0.3 is 11.1 Å². The lowest BCUT2D eigenvalue weighted by molar-refractivity contribution is -0.118. The molecule has 15 heavy (non-hydrogen) atoms. The summed E-state index contributed by atoms with van der Waals surface area (Å²) in [6, 6.07) is 0.204. The fraction of sp³-hybridized carbons (Fsp3) is 0.556. The minimum atomic E-state index is -0.289. The number of hydrogen-bond donors (Lipinski definition) is 2. The zero-order valence-corrected chi connectivity index (χ0v) is 11.1. The van der Waals surface area contributed by atoms with Crippen LogP contribution in [0.1, 0.15) is 31.3 Å². The van der Waals surface area contributed by atoms with Crippen molar-refractivity contribution in [3.05, 3.63) is 15.0 Å². The lowest BCUT2D eigenvalue weighted by Crippen LogP contribution is -2.32. The van der Waals surface area contributed by atoms with Gasteiger partial charge in [-0.3, -0.25) is 4.79 Å². The van der Waals surface area contributed by atoms with Gasteiger partial charge in [-0.15, -0.1) is 11.3 Å². The molecule has 84 valence electrons. The van der Waals surface area contributed by atoms with Crippen LogP contribution in [0.2, 0.25) is 0 Å². The molecule has 2 unspecified atom stereocenters. The Labute approximate surface area is 101 Å². The van der Waals surface area contributed by atoms with Gasteiger partial charge in [-0.05, 0) is 29.8 Å². The second kappa shape index (κ2) is 5.58. The van der Waals surface area contributed by atoms with Crippen LogP contribution in [0, 0.1) is 0 Å². The maximum absolute atomic E-state index is 10.7. The first-order valence-corrected chi connectivity index (χ1v) is 6.25. The van der Waals surface area contributed by atoms with E-state index in [0.717, 1.165) is 8.79 Å². The van der Waals surface area contributed by atoms with Gasteiger partial charge in [-0.25, -0.2) is 4.98 Å². The van der Waals surface area contributed by atoms with Crippen LogP contribution in [0.15, 0.2) is 9.98 Å². The molecule has 0 saturated heterocycles. The summed E-state index contributed by atoms with van der Waals surface area (Å²) >= 11 is 4.94. The Kier molecular flexibility index (Phi) is 4.69. The quantitative estimate of drug-likeness (QED) is 0.870. The maximum Gasteiger partial charge on any atom is 0.218 e. The van der Waals surface area contributed by atoms with Gasteiger partial charge in [0, 0.05) is 12.5 Å². The number of hydrogen-bond acceptors (Lipinski definition) is 4. The van der Waals surface area contributed by atoms with E-state index in [9.17, 15) is 4.79 Å². The summed E-state index contributed by atoms with van der Waals surface area (Å²) < 4.78 is 1.01. The zero-order chi connectivity index (χ0) is 11.4. The molecule has 0 bridgehead atoms. The average molecular weight is 292 g/mol. The van der Waals surface area contributed by atoms with E-state index >= 15 is 0 Å². The van der Waals surface area contributed by atoms with Gasteiger partial charge in [0.1, 0.15) is 5.01 Å². The predicted molar refractivity (Wildman–Crippen MR) is 64.6 cm³/mol. The second-order valence-electron chi connectivity index (χ2n) is 3.46. The van der Waals surface area contributed by atoms with E-state index in [0.29, 0.717) is 6.42 Å². The maximum atomic E-state index is 10.7. The molecule has 4 nitrogen and oxygen atoms in total. The highest BCUT2D eigenvalue weighted by molar-refractivity contribution is 9.11. The molecule has 0 radical (unpaired) electrons. The number of amides is 1. The third kappa shape index (κ3) is 4.27. The molecule has 1 aromatic rings. The number of rotatable bonds is 5. The number of carbonyl (C=O) groups excluding carboxylic acids is 1. The Balaban J connectivity index is 2.48. The van der Waals surface area contributed by atoms with Crippen LogP contribution in [-0.2, 0) is 4.79 Å². The third-order valence-corrected chi connectivity index (χ3v) is 3.57. The molecule has 0 fully saturated rings. The summed E-state index contributed by atoms with van der Waals surface area (Å²) in [6.45, 7) is 3.95. The van der Waals surface area contributed by atoms with Crippen molar-refractivity contribution in [1.29, 1.82) is 0 Å². The van der Waals surface area contributed by atoms with Crippen molar-refractivity contribution < 1.29 is 4.79 Å². The number of nitrogens with zero attached hydrogens (tertiary/aromatic N) is 1. The van der Waals surface area contributed by atoms with Crippen molar-refractivity contribution in [2.24, 2.45) is 5.73 Å². The minimum Gasteiger partial charge on any atom is -0.370 e. The molecule has 6 heteroatoms. The van der Waals surface area contributed by atoms with E-state index in [4.69, 9.17) is 5.73 Å². The number of carbonyl (C=O) groups is 1. The summed E-state index contributed by atoms with van der Waals surface area (Å²) in [7, 11) is 0. The van der Waals surface area contributed by atoms with Crippen LogP contribution in [0.4, 0.5) is 0 Å². The van der Waals surface area contributed by atoms with Gasteiger partial charge in [0.05, 0.1) is 16.0 Å². The first-order valence-electron chi connectivity index (χ1n) is 4.64. The standard InChI is InChI=1S/C9H14BrN3OS/c1-5(3-8(11)14)13-6(2)9-12-4-7(10)15-9/h4-6,13H,3H2,1-2H3,(H2,11,14). The van der Waals surface area contributed by atoms with Gasteiger partial charge in [0.15, 0.2) is 0 Å². The van der Waals surface area contributed by atoms with E-state index < -0.39 is 0 Å². The molecule has 2 atom stereocenters. The Morgan fingerprint density at radius 3 is 2.87 bits per heavy atom. The predicted octanol–water partition coefficient (Wildman–Crippen LogP) is 1.82. The van der Waals surface area contributed by atoms with Crippen molar-refractivity contribution in [2.45, 2.75) is 32.4 Å². The minimum absolute atomic E-state index is 0.0696. The lowest BCUT2D eigenvalue weighted by Gasteiger charge is -2.16. The van der Waals surface area contributed by atoms with Gasteiger partial charge in [-0.1, -0.05) is 0 Å². The van der Waals surface area contributed by atoms with E-state index in [2.05, 4.69) is 26.2 Å². The highest BCUT2D eigenvalue weighted by Crippen LogP contribution is 2.24. The molecule has 0 aromatic carbocycles. The fourth-order valence-electron chi connectivity index (χ4n) is 1.33. The van der Waals surface area contributed by atoms with Gasteiger partial charge >= 0.3 is 0 Å². The summed E-state index contributed by atoms with van der Waals surface area (Å²) in [5.41, 5.74) is 5.11. The summed E-state index contributed by atoms with van der Waals surface area (Å²) in [4.78, 5) is 14.9. The topological polar surface area (TPSA) is 68.0 Å². The Morgan fingerprint density at radius 2 is 2.40 bits per heavy atom. The molecule has 1 heterocycles. The summed E-state index contributed by atoms with van der Waals surface area (Å²) in [5, 5.41) is 4.27. The van der Waals surface area contributed by atoms with Crippen molar-refractivity contribution in [1.82, 2.24) is 10.3 Å². The summed E-state index contributed by atoms with van der Waals surface area (Å²) in [6.07, 6.45) is 2.12. The Bertz CT molecular complexity index is 342. The monoisotopic (exact) mass is 291 g/mol. The van der Waals surface area contributed by atoms with Crippen molar-refractivity contribution >= 4 is 33.2 Å². The number of halogens is 1. The number of nitrogens with one attached hydrogen (secondary N) is 1. The van der Waals surface area contributed by atoms with Crippen LogP contribution in [0.3, 0.4) is 0 Å². The first kappa shape index (κ1) is 12.6.